The number of hydrogen-bond donors (Lipinski definition) is 2. The highest BCUT2D eigenvalue weighted by atomic mass is 32.2. The molecule has 8 nitrogen and oxygen atoms in total. The zero-order valence-electron chi connectivity index (χ0n) is 13.7. The average molecular weight is 391 g/mol. The molecule has 0 aliphatic heterocycles. The van der Waals surface area contributed by atoms with Gasteiger partial charge in [0.05, 0.1) is 10.6 Å². The van der Waals surface area contributed by atoms with Crippen LogP contribution in [0.4, 0.5) is 10.8 Å². The van der Waals surface area contributed by atoms with E-state index >= 15 is 0 Å². The largest absolute Gasteiger partial charge is 0.505 e. The van der Waals surface area contributed by atoms with Crippen molar-refractivity contribution in [3.8, 4) is 5.75 Å². The van der Waals surface area contributed by atoms with Crippen molar-refractivity contribution >= 4 is 48.8 Å². The van der Waals surface area contributed by atoms with Crippen molar-refractivity contribution in [1.29, 1.82) is 0 Å². The van der Waals surface area contributed by atoms with Crippen molar-refractivity contribution in [2.45, 2.75) is 18.7 Å². The second-order valence-electron chi connectivity index (χ2n) is 5.44. The Labute approximate surface area is 152 Å². The number of thiazole rings is 1. The third-order valence-electron chi connectivity index (χ3n) is 3.58. The summed E-state index contributed by atoms with van der Waals surface area (Å²) in [5.41, 5.74) is 0.0811. The van der Waals surface area contributed by atoms with Gasteiger partial charge in [0.1, 0.15) is 10.6 Å². The number of azo groups is 1. The van der Waals surface area contributed by atoms with E-state index < -0.39 is 26.5 Å². The first-order valence-corrected chi connectivity index (χ1v) is 9.56. The Hall–Kier alpha value is -2.69. The van der Waals surface area contributed by atoms with E-state index in [2.05, 4.69) is 15.2 Å². The number of aromatic nitrogens is 1. The molecular weight excluding hydrogens is 378 g/mol. The van der Waals surface area contributed by atoms with Crippen LogP contribution in [0.3, 0.4) is 0 Å². The third kappa shape index (κ3) is 3.34. The van der Waals surface area contributed by atoms with Crippen molar-refractivity contribution in [3.63, 3.8) is 0 Å². The van der Waals surface area contributed by atoms with E-state index in [0.29, 0.717) is 21.3 Å². The summed E-state index contributed by atoms with van der Waals surface area (Å²) >= 11 is 0.995. The molecule has 26 heavy (non-hydrogen) atoms. The average Bonchev–Trinajstić information content (AvgIpc) is 2.94. The highest BCUT2D eigenvalue weighted by molar-refractivity contribution is 7.86. The van der Waals surface area contributed by atoms with E-state index in [-0.39, 0.29) is 10.9 Å². The van der Waals surface area contributed by atoms with Crippen LogP contribution in [0.15, 0.2) is 45.5 Å². The summed E-state index contributed by atoms with van der Waals surface area (Å²) in [6.45, 7) is 3.04. The van der Waals surface area contributed by atoms with E-state index in [1.807, 2.05) is 0 Å². The molecule has 0 atom stereocenters. The van der Waals surface area contributed by atoms with Crippen LogP contribution in [0, 0.1) is 6.92 Å². The van der Waals surface area contributed by atoms with Gasteiger partial charge >= 0.3 is 0 Å². The van der Waals surface area contributed by atoms with Gasteiger partial charge in [0.25, 0.3) is 10.1 Å². The van der Waals surface area contributed by atoms with Gasteiger partial charge in [-0.25, -0.2) is 4.98 Å². The molecule has 2 aromatic carbocycles. The maximum absolute atomic E-state index is 11.7. The molecule has 0 spiro atoms. The van der Waals surface area contributed by atoms with Crippen LogP contribution in [0.25, 0.3) is 10.8 Å². The molecule has 3 aromatic rings. The maximum Gasteiger partial charge on any atom is 0.296 e. The van der Waals surface area contributed by atoms with Crippen LogP contribution in [-0.4, -0.2) is 28.8 Å². The molecule has 10 heteroatoms. The predicted molar refractivity (Wildman–Crippen MR) is 96.5 cm³/mol. The smallest absolute Gasteiger partial charge is 0.296 e. The summed E-state index contributed by atoms with van der Waals surface area (Å²) in [5, 5.41) is 18.9. The number of hydrogen-bond acceptors (Lipinski definition) is 8. The van der Waals surface area contributed by atoms with Crippen LogP contribution >= 0.6 is 11.3 Å². The van der Waals surface area contributed by atoms with E-state index in [1.165, 1.54) is 13.0 Å². The Kier molecular flexibility index (Phi) is 4.57. The van der Waals surface area contributed by atoms with E-state index in [0.717, 1.165) is 11.3 Å². The summed E-state index contributed by atoms with van der Waals surface area (Å²) in [6, 6.07) is 7.71. The quantitative estimate of drug-likeness (QED) is 0.390. The predicted octanol–water partition coefficient (Wildman–Crippen LogP) is 4.18. The van der Waals surface area contributed by atoms with E-state index in [4.69, 9.17) is 0 Å². The minimum atomic E-state index is -4.65. The molecule has 3 rings (SSSR count). The molecule has 134 valence electrons. The fourth-order valence-electron chi connectivity index (χ4n) is 2.43. The molecule has 0 amide bonds. The molecule has 0 unspecified atom stereocenters. The molecule has 0 bridgehead atoms. The lowest BCUT2D eigenvalue weighted by Gasteiger charge is -2.08. The number of phenols is 1. The Morgan fingerprint density at radius 3 is 2.54 bits per heavy atom. The first kappa shape index (κ1) is 18.1. The van der Waals surface area contributed by atoms with Gasteiger partial charge in [-0.1, -0.05) is 35.6 Å². The molecule has 0 radical (unpaired) electrons. The summed E-state index contributed by atoms with van der Waals surface area (Å²) in [4.78, 5) is 15.4. The van der Waals surface area contributed by atoms with Gasteiger partial charge in [-0.3, -0.25) is 9.35 Å². The normalized spacial score (nSPS) is 12.1. The maximum atomic E-state index is 11.7. The molecule has 2 N–H and O–H groups in total. The fourth-order valence-corrected chi connectivity index (χ4v) is 3.87. The molecule has 1 heterocycles. The number of benzene rings is 2. The molecule has 0 aliphatic rings. The number of rotatable bonds is 4. The Morgan fingerprint density at radius 1 is 1.23 bits per heavy atom. The number of carbonyl (C=O) groups excluding carboxylic acids is 1. The van der Waals surface area contributed by atoms with Crippen LogP contribution in [0.1, 0.15) is 22.3 Å². The number of aryl methyl sites for hydroxylation is 1. The first-order chi connectivity index (χ1) is 12.2. The Bertz CT molecular complexity index is 1170. The summed E-state index contributed by atoms with van der Waals surface area (Å²) in [6.07, 6.45) is 0. The molecule has 0 aliphatic carbocycles. The standard InChI is InChI=1S/C16H13N3O5S2/c1-8-15(9(2)20)25-16(17-8)19-18-13-12(26(22,23)24)7-10-5-3-4-6-11(10)14(13)21/h3-7,21H,1-2H3,(H,22,23,24)/b19-18+. The lowest BCUT2D eigenvalue weighted by atomic mass is 10.1. The lowest BCUT2D eigenvalue weighted by molar-refractivity contribution is 0.102. The van der Waals surface area contributed by atoms with Gasteiger partial charge in [-0.05, 0) is 18.4 Å². The van der Waals surface area contributed by atoms with Gasteiger partial charge < -0.3 is 5.11 Å². The highest BCUT2D eigenvalue weighted by Gasteiger charge is 2.22. The number of aromatic hydroxyl groups is 1. The SMILES string of the molecule is CC(=O)c1sc(/N=N/c2c(S(=O)(=O)O)cc3ccccc3c2O)nc1C. The first-order valence-electron chi connectivity index (χ1n) is 7.31. The number of carbonyl (C=O) groups is 1. The summed E-state index contributed by atoms with van der Waals surface area (Å²) < 4.78 is 32.9. The topological polar surface area (TPSA) is 129 Å². The molecule has 0 saturated heterocycles. The fraction of sp³-hybridized carbons (Fsp3) is 0.125. The van der Waals surface area contributed by atoms with Crippen LogP contribution in [0.2, 0.25) is 0 Å². The van der Waals surface area contributed by atoms with Crippen LogP contribution in [0.5, 0.6) is 5.75 Å². The minimum Gasteiger partial charge on any atom is -0.505 e. The van der Waals surface area contributed by atoms with E-state index in [9.17, 15) is 22.9 Å². The molecule has 0 saturated carbocycles. The van der Waals surface area contributed by atoms with Crippen molar-refractivity contribution in [3.05, 3.63) is 40.9 Å². The monoisotopic (exact) mass is 391 g/mol. The number of fused-ring (bicyclic) bond motifs is 1. The van der Waals surface area contributed by atoms with Crippen molar-refractivity contribution in [2.75, 3.05) is 0 Å². The Balaban J connectivity index is 2.19. The zero-order valence-corrected chi connectivity index (χ0v) is 15.3. The second-order valence-corrected chi connectivity index (χ2v) is 7.80. The van der Waals surface area contributed by atoms with Crippen molar-refractivity contribution < 1.29 is 22.9 Å². The van der Waals surface area contributed by atoms with Crippen LogP contribution < -0.4 is 0 Å². The van der Waals surface area contributed by atoms with Crippen LogP contribution in [-0.2, 0) is 10.1 Å². The number of ketones is 1. The number of Topliss-reactive ketones (excluding diaryl/α,β-unsaturated/α-hetero) is 1. The summed E-state index contributed by atoms with van der Waals surface area (Å²) in [5.74, 6) is -0.604. The molecule has 0 fully saturated rings. The minimum absolute atomic E-state index is 0.126. The number of phenolic OH excluding ortho intramolecular Hbond substituents is 1. The van der Waals surface area contributed by atoms with E-state index in [1.54, 1.807) is 31.2 Å². The van der Waals surface area contributed by atoms with Gasteiger partial charge in [-0.15, -0.1) is 10.2 Å². The molecule has 1 aromatic heterocycles. The lowest BCUT2D eigenvalue weighted by Crippen LogP contribution is -1.99. The summed E-state index contributed by atoms with van der Waals surface area (Å²) in [7, 11) is -4.65. The Morgan fingerprint density at radius 2 is 1.92 bits per heavy atom. The van der Waals surface area contributed by atoms with Crippen molar-refractivity contribution in [2.24, 2.45) is 10.2 Å². The third-order valence-corrected chi connectivity index (χ3v) is 5.59. The van der Waals surface area contributed by atoms with Gasteiger partial charge in [0.2, 0.25) is 5.13 Å². The van der Waals surface area contributed by atoms with Crippen molar-refractivity contribution in [1.82, 2.24) is 4.98 Å². The van der Waals surface area contributed by atoms with Gasteiger partial charge in [0.15, 0.2) is 11.5 Å². The highest BCUT2D eigenvalue weighted by Crippen LogP contribution is 2.41. The molecular formula is C16H13N3O5S2. The van der Waals surface area contributed by atoms with Gasteiger partial charge in [-0.2, -0.15) is 8.42 Å². The zero-order chi connectivity index (χ0) is 19.1. The van der Waals surface area contributed by atoms with Gasteiger partial charge in [0, 0.05) is 12.3 Å². The number of nitrogens with zero attached hydrogens (tertiary/aromatic N) is 3. The second kappa shape index (κ2) is 6.56.